The summed E-state index contributed by atoms with van der Waals surface area (Å²) in [5.41, 5.74) is 1.99. The van der Waals surface area contributed by atoms with E-state index in [1.165, 1.54) is 4.90 Å². The van der Waals surface area contributed by atoms with Gasteiger partial charge in [-0.3, -0.25) is 13.9 Å². The molecular formula is C22H28N2O6S. The first-order chi connectivity index (χ1) is 14.6. The van der Waals surface area contributed by atoms with Gasteiger partial charge in [-0.2, -0.15) is 0 Å². The molecule has 0 fully saturated rings. The highest BCUT2D eigenvalue weighted by atomic mass is 32.2. The number of anilines is 1. The van der Waals surface area contributed by atoms with Crippen LogP contribution < -0.4 is 9.04 Å². The smallest absolute Gasteiger partial charge is 0.327 e. The van der Waals surface area contributed by atoms with E-state index in [-0.39, 0.29) is 0 Å². The van der Waals surface area contributed by atoms with Crippen molar-refractivity contribution < 1.29 is 27.5 Å². The highest BCUT2D eigenvalue weighted by Gasteiger charge is 2.23. The van der Waals surface area contributed by atoms with Crippen LogP contribution >= 0.6 is 0 Å². The van der Waals surface area contributed by atoms with Gasteiger partial charge in [0.1, 0.15) is 12.3 Å². The van der Waals surface area contributed by atoms with Gasteiger partial charge in [-0.1, -0.05) is 30.3 Å². The summed E-state index contributed by atoms with van der Waals surface area (Å²) in [5, 5.41) is 0. The zero-order chi connectivity index (χ0) is 23.0. The Labute approximate surface area is 183 Å². The highest BCUT2D eigenvalue weighted by Crippen LogP contribution is 2.21. The third kappa shape index (κ3) is 7.29. The molecule has 2 aromatic carbocycles. The fraction of sp³-hybridized carbons (Fsp3) is 0.364. The van der Waals surface area contributed by atoms with Crippen molar-refractivity contribution in [1.29, 1.82) is 0 Å². The number of nitrogens with zero attached hydrogens (tertiary/aromatic N) is 2. The molecule has 0 N–H and O–H groups in total. The van der Waals surface area contributed by atoms with Crippen molar-refractivity contribution in [3.63, 3.8) is 0 Å². The number of carbonyl (C=O) groups is 2. The zero-order valence-electron chi connectivity index (χ0n) is 18.2. The number of amides is 1. The number of rotatable bonds is 10. The van der Waals surface area contributed by atoms with E-state index in [0.717, 1.165) is 21.9 Å². The zero-order valence-corrected chi connectivity index (χ0v) is 19.0. The average molecular weight is 449 g/mol. The number of hydrogen-bond acceptors (Lipinski definition) is 6. The van der Waals surface area contributed by atoms with Crippen molar-refractivity contribution in [2.24, 2.45) is 0 Å². The maximum Gasteiger partial charge on any atom is 0.327 e. The number of ether oxygens (including phenoxy) is 2. The Morgan fingerprint density at radius 2 is 1.68 bits per heavy atom. The standard InChI is InChI=1S/C22H28N2O6S/c1-5-29-19-12-10-18(11-13-19)14-23(3)21(25)16-30-22(26)15-24(31(4,27)28)20-9-7-6-8-17(20)2/h6-13H,5,14-16H2,1-4H3. The largest absolute Gasteiger partial charge is 0.494 e. The van der Waals surface area contributed by atoms with Crippen LogP contribution in [0.3, 0.4) is 0 Å². The first kappa shape index (κ1) is 24.2. The van der Waals surface area contributed by atoms with E-state index >= 15 is 0 Å². The van der Waals surface area contributed by atoms with Crippen LogP contribution in [0.2, 0.25) is 0 Å². The summed E-state index contributed by atoms with van der Waals surface area (Å²) in [6.07, 6.45) is 1.02. The van der Waals surface area contributed by atoms with Crippen LogP contribution in [0.1, 0.15) is 18.1 Å². The summed E-state index contributed by atoms with van der Waals surface area (Å²) >= 11 is 0. The summed E-state index contributed by atoms with van der Waals surface area (Å²) in [6, 6.07) is 14.2. The Bertz CT molecular complexity index is 1000. The Balaban J connectivity index is 1.92. The number of hydrogen-bond donors (Lipinski definition) is 0. The fourth-order valence-corrected chi connectivity index (χ4v) is 3.76. The molecule has 0 aliphatic heterocycles. The molecule has 0 radical (unpaired) electrons. The van der Waals surface area contributed by atoms with Crippen molar-refractivity contribution >= 4 is 27.6 Å². The van der Waals surface area contributed by atoms with E-state index < -0.39 is 35.1 Å². The minimum absolute atomic E-state index is 0.335. The normalized spacial score (nSPS) is 11.0. The molecule has 0 spiro atoms. The van der Waals surface area contributed by atoms with Crippen LogP contribution in [0.4, 0.5) is 5.69 Å². The number of benzene rings is 2. The lowest BCUT2D eigenvalue weighted by molar-refractivity contribution is -0.150. The van der Waals surface area contributed by atoms with E-state index in [4.69, 9.17) is 9.47 Å². The van der Waals surface area contributed by atoms with Crippen molar-refractivity contribution in [3.8, 4) is 5.75 Å². The molecule has 8 nitrogen and oxygen atoms in total. The molecule has 2 rings (SSSR count). The van der Waals surface area contributed by atoms with Gasteiger partial charge in [-0.05, 0) is 43.2 Å². The molecule has 1 amide bonds. The van der Waals surface area contributed by atoms with Crippen LogP contribution in [0.15, 0.2) is 48.5 Å². The minimum atomic E-state index is -3.71. The predicted molar refractivity (Wildman–Crippen MR) is 118 cm³/mol. The van der Waals surface area contributed by atoms with Gasteiger partial charge in [0.2, 0.25) is 10.0 Å². The molecule has 168 valence electrons. The van der Waals surface area contributed by atoms with Crippen LogP contribution in [0, 0.1) is 6.92 Å². The first-order valence-corrected chi connectivity index (χ1v) is 11.6. The van der Waals surface area contributed by atoms with Crippen LogP contribution in [0.5, 0.6) is 5.75 Å². The first-order valence-electron chi connectivity index (χ1n) is 9.76. The van der Waals surface area contributed by atoms with E-state index in [1.54, 1.807) is 38.2 Å². The van der Waals surface area contributed by atoms with Crippen molar-refractivity contribution in [2.75, 3.05) is 37.4 Å². The molecule has 0 atom stereocenters. The Morgan fingerprint density at radius 1 is 1.03 bits per heavy atom. The van der Waals surface area contributed by atoms with Gasteiger partial charge in [-0.25, -0.2) is 8.42 Å². The number of aryl methyl sites for hydroxylation is 1. The molecule has 9 heteroatoms. The second-order valence-corrected chi connectivity index (χ2v) is 8.95. The van der Waals surface area contributed by atoms with Crippen LogP contribution in [-0.4, -0.2) is 58.3 Å². The molecule has 0 aliphatic carbocycles. The average Bonchev–Trinajstić information content (AvgIpc) is 2.71. The van der Waals surface area contributed by atoms with E-state index in [9.17, 15) is 18.0 Å². The number of esters is 1. The van der Waals surface area contributed by atoms with E-state index in [0.29, 0.717) is 24.4 Å². The molecule has 0 aliphatic rings. The number of para-hydroxylation sites is 1. The maximum atomic E-state index is 12.3. The Hall–Kier alpha value is -3.07. The monoisotopic (exact) mass is 448 g/mol. The Kier molecular flexibility index (Phi) is 8.44. The second kappa shape index (κ2) is 10.8. The predicted octanol–water partition coefficient (Wildman–Crippen LogP) is 2.36. The lowest BCUT2D eigenvalue weighted by Crippen LogP contribution is -2.38. The molecule has 31 heavy (non-hydrogen) atoms. The molecule has 0 saturated carbocycles. The quantitative estimate of drug-likeness (QED) is 0.518. The summed E-state index contributed by atoms with van der Waals surface area (Å²) in [4.78, 5) is 26.0. The van der Waals surface area contributed by atoms with Gasteiger partial charge < -0.3 is 14.4 Å². The van der Waals surface area contributed by atoms with Gasteiger partial charge in [-0.15, -0.1) is 0 Å². The van der Waals surface area contributed by atoms with Crippen LogP contribution in [-0.2, 0) is 30.9 Å². The van der Waals surface area contributed by atoms with Crippen molar-refractivity contribution in [2.45, 2.75) is 20.4 Å². The summed E-state index contributed by atoms with van der Waals surface area (Å²) in [6.45, 7) is 3.57. The minimum Gasteiger partial charge on any atom is -0.494 e. The topological polar surface area (TPSA) is 93.2 Å². The maximum absolute atomic E-state index is 12.3. The van der Waals surface area contributed by atoms with Gasteiger partial charge in [0.05, 0.1) is 18.6 Å². The molecule has 0 saturated heterocycles. The molecule has 0 aromatic heterocycles. The lowest BCUT2D eigenvalue weighted by atomic mass is 10.2. The summed E-state index contributed by atoms with van der Waals surface area (Å²) in [5.74, 6) is -0.459. The van der Waals surface area contributed by atoms with Crippen LogP contribution in [0.25, 0.3) is 0 Å². The highest BCUT2D eigenvalue weighted by molar-refractivity contribution is 7.92. The third-order valence-electron chi connectivity index (χ3n) is 4.49. The lowest BCUT2D eigenvalue weighted by Gasteiger charge is -2.23. The van der Waals surface area contributed by atoms with Gasteiger partial charge >= 0.3 is 5.97 Å². The third-order valence-corrected chi connectivity index (χ3v) is 5.62. The summed E-state index contributed by atoms with van der Waals surface area (Å²) in [7, 11) is -2.11. The van der Waals surface area contributed by atoms with Gasteiger partial charge in [0.25, 0.3) is 5.91 Å². The van der Waals surface area contributed by atoms with E-state index in [2.05, 4.69) is 0 Å². The molecular weight excluding hydrogens is 420 g/mol. The van der Waals surface area contributed by atoms with Crippen molar-refractivity contribution in [3.05, 3.63) is 59.7 Å². The van der Waals surface area contributed by atoms with E-state index in [1.807, 2.05) is 31.2 Å². The number of sulfonamides is 1. The molecule has 0 heterocycles. The summed E-state index contributed by atoms with van der Waals surface area (Å²) < 4.78 is 35.7. The molecule has 0 unspecified atom stereocenters. The van der Waals surface area contributed by atoms with Gasteiger partial charge in [0, 0.05) is 13.6 Å². The second-order valence-electron chi connectivity index (χ2n) is 7.04. The fourth-order valence-electron chi connectivity index (χ4n) is 2.86. The number of carbonyl (C=O) groups excluding carboxylic acids is 2. The Morgan fingerprint density at radius 3 is 2.26 bits per heavy atom. The number of likely N-dealkylation sites (N-methyl/N-ethyl adjacent to an activating group) is 1. The van der Waals surface area contributed by atoms with Crippen molar-refractivity contribution in [1.82, 2.24) is 4.90 Å². The SMILES string of the molecule is CCOc1ccc(CN(C)C(=O)COC(=O)CN(c2ccccc2C)S(C)(=O)=O)cc1. The molecule has 0 bridgehead atoms. The van der Waals surface area contributed by atoms with Gasteiger partial charge in [0.15, 0.2) is 6.61 Å². The molecule has 2 aromatic rings.